The highest BCUT2D eigenvalue weighted by molar-refractivity contribution is 5.96. The van der Waals surface area contributed by atoms with Crippen LogP contribution in [-0.2, 0) is 35.2 Å². The number of aromatic nitrogens is 1. The average Bonchev–Trinajstić information content (AvgIpc) is 3.30. The summed E-state index contributed by atoms with van der Waals surface area (Å²) in [7, 11) is 0. The van der Waals surface area contributed by atoms with Gasteiger partial charge in [-0.05, 0) is 30.4 Å². The number of hydrogen-bond donors (Lipinski definition) is 8. The topological polar surface area (TPSA) is 247 Å². The molecule has 0 spiro atoms. The van der Waals surface area contributed by atoms with Crippen molar-refractivity contribution < 1.29 is 39.0 Å². The number of fused-ring (bicyclic) bond motifs is 1. The van der Waals surface area contributed by atoms with Gasteiger partial charge < -0.3 is 42.6 Å². The van der Waals surface area contributed by atoms with Gasteiger partial charge in [0.25, 0.3) is 0 Å². The predicted molar refractivity (Wildman–Crippen MR) is 144 cm³/mol. The fourth-order valence-electron chi connectivity index (χ4n) is 4.05. The zero-order chi connectivity index (χ0) is 30.0. The maximum Gasteiger partial charge on any atom is 0.326 e. The SMILES string of the molecule is CCC(C)C(NC(=O)C(CC(=O)O)NC(=O)C(N)Cc1c[nH]c2ccccc12)C(=O)NC(CCC(N)=O)C(=O)O. The number of amides is 4. The first-order valence-corrected chi connectivity index (χ1v) is 12.8. The molecule has 0 radical (unpaired) electrons. The third-order valence-electron chi connectivity index (χ3n) is 6.55. The highest BCUT2D eigenvalue weighted by atomic mass is 16.4. The summed E-state index contributed by atoms with van der Waals surface area (Å²) in [5.74, 6) is -6.61. The summed E-state index contributed by atoms with van der Waals surface area (Å²) in [6.45, 7) is 3.37. The van der Waals surface area contributed by atoms with E-state index >= 15 is 0 Å². The van der Waals surface area contributed by atoms with Crippen LogP contribution in [0.15, 0.2) is 30.5 Å². The number of primary amides is 1. The number of hydrogen-bond acceptors (Lipinski definition) is 7. The van der Waals surface area contributed by atoms with Crippen LogP contribution in [-0.4, -0.2) is 74.9 Å². The summed E-state index contributed by atoms with van der Waals surface area (Å²) in [5, 5.41) is 26.7. The largest absolute Gasteiger partial charge is 0.481 e. The summed E-state index contributed by atoms with van der Waals surface area (Å²) in [4.78, 5) is 76.1. The summed E-state index contributed by atoms with van der Waals surface area (Å²) < 4.78 is 0. The standard InChI is InChI=1S/C26H36N6O8/c1-3-13(2)22(25(38)30-18(26(39)40)8-9-20(28)33)32-24(37)19(11-21(34)35)31-23(36)16(27)10-14-12-29-17-7-5-4-6-15(14)17/h4-7,12-13,16,18-19,22,29H,3,8-11,27H2,1-2H3,(H2,28,33)(H,30,38)(H,31,36)(H,32,37)(H,34,35)(H,39,40). The highest BCUT2D eigenvalue weighted by Gasteiger charge is 2.33. The van der Waals surface area contributed by atoms with Crippen LogP contribution in [0.25, 0.3) is 10.9 Å². The summed E-state index contributed by atoms with van der Waals surface area (Å²) >= 11 is 0. The first-order valence-electron chi connectivity index (χ1n) is 12.8. The molecule has 5 unspecified atom stereocenters. The molecule has 0 saturated heterocycles. The van der Waals surface area contributed by atoms with Crippen LogP contribution in [0.2, 0.25) is 0 Å². The second kappa shape index (κ2) is 14.6. The normalized spacial score (nSPS) is 14.8. The maximum atomic E-state index is 13.1. The Morgan fingerprint density at radius 1 is 0.950 bits per heavy atom. The number of nitrogens with one attached hydrogen (secondary N) is 4. The van der Waals surface area contributed by atoms with Gasteiger partial charge in [0.05, 0.1) is 12.5 Å². The van der Waals surface area contributed by atoms with Crippen LogP contribution < -0.4 is 27.4 Å². The van der Waals surface area contributed by atoms with E-state index < -0.39 is 72.1 Å². The average molecular weight is 561 g/mol. The van der Waals surface area contributed by atoms with Crippen LogP contribution in [0.1, 0.15) is 45.1 Å². The minimum Gasteiger partial charge on any atom is -0.481 e. The van der Waals surface area contributed by atoms with Crippen LogP contribution in [0, 0.1) is 5.92 Å². The van der Waals surface area contributed by atoms with Gasteiger partial charge in [-0.15, -0.1) is 0 Å². The van der Waals surface area contributed by atoms with Gasteiger partial charge in [0.2, 0.25) is 23.6 Å². The van der Waals surface area contributed by atoms with Crippen molar-refractivity contribution in [1.82, 2.24) is 20.9 Å². The molecule has 2 aromatic rings. The van der Waals surface area contributed by atoms with Gasteiger partial charge in [-0.25, -0.2) is 4.79 Å². The van der Waals surface area contributed by atoms with E-state index in [0.717, 1.165) is 16.5 Å². The molecule has 0 aliphatic rings. The van der Waals surface area contributed by atoms with Gasteiger partial charge >= 0.3 is 11.9 Å². The van der Waals surface area contributed by atoms with Gasteiger partial charge in [-0.2, -0.15) is 0 Å². The lowest BCUT2D eigenvalue weighted by atomic mass is 9.97. The Morgan fingerprint density at radius 2 is 1.60 bits per heavy atom. The van der Waals surface area contributed by atoms with E-state index in [-0.39, 0.29) is 19.3 Å². The monoisotopic (exact) mass is 560 g/mol. The van der Waals surface area contributed by atoms with E-state index in [1.54, 1.807) is 20.0 Å². The Kier molecular flexibility index (Phi) is 11.6. The molecule has 14 heteroatoms. The number of rotatable bonds is 16. The van der Waals surface area contributed by atoms with Gasteiger partial charge in [0, 0.05) is 23.5 Å². The number of carboxylic acids is 2. The predicted octanol–water partition coefficient (Wildman–Crippen LogP) is -0.637. The first kappa shape index (κ1) is 31.8. The van der Waals surface area contributed by atoms with E-state index in [2.05, 4.69) is 20.9 Å². The summed E-state index contributed by atoms with van der Waals surface area (Å²) in [5.41, 5.74) is 12.8. The molecule has 14 nitrogen and oxygen atoms in total. The lowest BCUT2D eigenvalue weighted by Gasteiger charge is -2.27. The molecule has 1 heterocycles. The van der Waals surface area contributed by atoms with Gasteiger partial charge in [-0.3, -0.25) is 24.0 Å². The Labute approximate surface area is 230 Å². The second-order valence-electron chi connectivity index (χ2n) is 9.61. The van der Waals surface area contributed by atoms with Crippen molar-refractivity contribution in [3.63, 3.8) is 0 Å². The maximum absolute atomic E-state index is 13.1. The quantitative estimate of drug-likeness (QED) is 0.130. The van der Waals surface area contributed by atoms with Gasteiger partial charge in [0.1, 0.15) is 18.1 Å². The molecule has 0 bridgehead atoms. The van der Waals surface area contributed by atoms with E-state index in [0.29, 0.717) is 6.42 Å². The molecule has 0 aliphatic carbocycles. The Balaban J connectivity index is 2.14. The number of carbonyl (C=O) groups is 6. The van der Waals surface area contributed by atoms with Crippen molar-refractivity contribution in [2.75, 3.05) is 0 Å². The molecule has 218 valence electrons. The molecule has 0 fully saturated rings. The highest BCUT2D eigenvalue weighted by Crippen LogP contribution is 2.19. The number of benzene rings is 1. The molecule has 10 N–H and O–H groups in total. The number of H-pyrrole nitrogens is 1. The van der Waals surface area contributed by atoms with Gasteiger partial charge in [-0.1, -0.05) is 38.5 Å². The van der Waals surface area contributed by atoms with Crippen molar-refractivity contribution >= 4 is 46.5 Å². The van der Waals surface area contributed by atoms with Gasteiger partial charge in [0.15, 0.2) is 0 Å². The lowest BCUT2D eigenvalue weighted by molar-refractivity contribution is -0.144. The van der Waals surface area contributed by atoms with Crippen molar-refractivity contribution in [3.05, 3.63) is 36.0 Å². The number of nitrogens with two attached hydrogens (primary N) is 2. The number of aliphatic carboxylic acids is 2. The molecular weight excluding hydrogens is 524 g/mol. The zero-order valence-electron chi connectivity index (χ0n) is 22.3. The minimum atomic E-state index is -1.57. The van der Waals surface area contributed by atoms with Crippen LogP contribution in [0.4, 0.5) is 0 Å². The van der Waals surface area contributed by atoms with Crippen molar-refractivity contribution in [1.29, 1.82) is 0 Å². The molecular formula is C26H36N6O8. The summed E-state index contributed by atoms with van der Waals surface area (Å²) in [6.07, 6.45) is 0.873. The molecule has 2 rings (SSSR count). The van der Waals surface area contributed by atoms with E-state index in [4.69, 9.17) is 11.5 Å². The fraction of sp³-hybridized carbons (Fsp3) is 0.462. The van der Waals surface area contributed by atoms with Crippen LogP contribution >= 0.6 is 0 Å². The Morgan fingerprint density at radius 3 is 2.20 bits per heavy atom. The lowest BCUT2D eigenvalue weighted by Crippen LogP contribution is -2.59. The Bertz CT molecular complexity index is 1240. The molecule has 0 aliphatic heterocycles. The third kappa shape index (κ3) is 9.08. The van der Waals surface area contributed by atoms with E-state index in [1.807, 2.05) is 24.3 Å². The molecule has 5 atom stereocenters. The molecule has 1 aromatic heterocycles. The number of carbonyl (C=O) groups excluding carboxylic acids is 4. The molecule has 40 heavy (non-hydrogen) atoms. The van der Waals surface area contributed by atoms with Crippen molar-refractivity contribution in [2.45, 2.75) is 70.1 Å². The molecule has 0 saturated carbocycles. The number of carboxylic acid groups (broad SMARTS) is 2. The van der Waals surface area contributed by atoms with E-state index in [1.165, 1.54) is 0 Å². The number of aromatic amines is 1. The fourth-order valence-corrected chi connectivity index (χ4v) is 4.05. The smallest absolute Gasteiger partial charge is 0.326 e. The van der Waals surface area contributed by atoms with Crippen LogP contribution in [0.5, 0.6) is 0 Å². The van der Waals surface area contributed by atoms with Crippen molar-refractivity contribution in [3.8, 4) is 0 Å². The minimum absolute atomic E-state index is 0.108. The van der Waals surface area contributed by atoms with E-state index in [9.17, 15) is 39.0 Å². The zero-order valence-corrected chi connectivity index (χ0v) is 22.3. The van der Waals surface area contributed by atoms with Crippen LogP contribution in [0.3, 0.4) is 0 Å². The summed E-state index contributed by atoms with van der Waals surface area (Å²) in [6, 6.07) is 2.01. The second-order valence-corrected chi connectivity index (χ2v) is 9.61. The molecule has 1 aromatic carbocycles. The first-order chi connectivity index (χ1) is 18.8. The van der Waals surface area contributed by atoms with Crippen molar-refractivity contribution in [2.24, 2.45) is 17.4 Å². The number of para-hydroxylation sites is 1. The molecule has 4 amide bonds. The third-order valence-corrected chi connectivity index (χ3v) is 6.55. The Hall–Kier alpha value is -4.46.